The van der Waals surface area contributed by atoms with E-state index in [1.165, 1.54) is 63.5 Å². The smallest absolute Gasteiger partial charge is 0.311 e. The number of hydrogen-bond donors (Lipinski definition) is 0. The van der Waals surface area contributed by atoms with E-state index < -0.39 is 5.97 Å². The first-order chi connectivity index (χ1) is 14.4. The molecule has 1 aromatic carbocycles. The number of carbonyl (C=O) groups is 2. The van der Waals surface area contributed by atoms with Gasteiger partial charge >= 0.3 is 11.9 Å². The number of hydrogen-bond acceptors (Lipinski definition) is 4. The molecule has 0 aliphatic carbocycles. The third-order valence-corrected chi connectivity index (χ3v) is 5.71. The van der Waals surface area contributed by atoms with Crippen molar-refractivity contribution in [3.8, 4) is 5.75 Å². The van der Waals surface area contributed by atoms with E-state index in [1.54, 1.807) is 0 Å². The quantitative estimate of drug-likeness (QED) is 0.104. The SMILES string of the molecule is CCCCCCCCCCCCOC(=O)CCCC(=O)Oc1cc(Cl)cc(Cl)c1Cl. The average Bonchev–Trinajstić information content (AvgIpc) is 2.70. The zero-order valence-electron chi connectivity index (χ0n) is 17.8. The molecule has 0 N–H and O–H groups in total. The zero-order valence-corrected chi connectivity index (χ0v) is 20.1. The zero-order chi connectivity index (χ0) is 22.2. The molecule has 0 aliphatic heterocycles. The highest BCUT2D eigenvalue weighted by Gasteiger charge is 2.13. The number of esters is 2. The Morgan fingerprint density at radius 2 is 1.33 bits per heavy atom. The summed E-state index contributed by atoms with van der Waals surface area (Å²) in [5.74, 6) is -0.678. The fraction of sp³-hybridized carbons (Fsp3) is 0.652. The van der Waals surface area contributed by atoms with Gasteiger partial charge in [0.25, 0.3) is 0 Å². The van der Waals surface area contributed by atoms with E-state index in [1.807, 2.05) is 0 Å². The van der Waals surface area contributed by atoms with Crippen LogP contribution in [0, 0.1) is 0 Å². The second-order valence-corrected chi connectivity index (χ2v) is 8.65. The molecule has 0 saturated heterocycles. The summed E-state index contributed by atoms with van der Waals surface area (Å²) >= 11 is 17.8. The van der Waals surface area contributed by atoms with Gasteiger partial charge in [0, 0.05) is 23.9 Å². The van der Waals surface area contributed by atoms with Crippen LogP contribution in [0.5, 0.6) is 5.75 Å². The highest BCUT2D eigenvalue weighted by atomic mass is 35.5. The molecular formula is C23H33Cl3O4. The number of carbonyl (C=O) groups excluding carboxylic acids is 2. The van der Waals surface area contributed by atoms with Crippen molar-refractivity contribution in [2.24, 2.45) is 0 Å². The van der Waals surface area contributed by atoms with Gasteiger partial charge in [-0.3, -0.25) is 9.59 Å². The van der Waals surface area contributed by atoms with Crippen LogP contribution >= 0.6 is 34.8 Å². The van der Waals surface area contributed by atoms with Crippen LogP contribution < -0.4 is 4.74 Å². The minimum atomic E-state index is -0.502. The molecule has 1 rings (SSSR count). The van der Waals surface area contributed by atoms with Crippen molar-refractivity contribution in [3.63, 3.8) is 0 Å². The van der Waals surface area contributed by atoms with E-state index in [4.69, 9.17) is 44.3 Å². The van der Waals surface area contributed by atoms with Crippen LogP contribution in [0.25, 0.3) is 0 Å². The van der Waals surface area contributed by atoms with Crippen LogP contribution in [-0.4, -0.2) is 18.5 Å². The topological polar surface area (TPSA) is 52.6 Å². The van der Waals surface area contributed by atoms with Gasteiger partial charge in [0.15, 0.2) is 5.75 Å². The maximum atomic E-state index is 11.9. The minimum absolute atomic E-state index is 0.0772. The summed E-state index contributed by atoms with van der Waals surface area (Å²) in [7, 11) is 0. The van der Waals surface area contributed by atoms with Crippen LogP contribution in [-0.2, 0) is 14.3 Å². The Bertz CT molecular complexity index is 650. The molecule has 0 amide bonds. The Kier molecular flexibility index (Phi) is 15.1. The molecule has 0 fully saturated rings. The van der Waals surface area contributed by atoms with Gasteiger partial charge in [-0.05, 0) is 18.9 Å². The van der Waals surface area contributed by atoms with Gasteiger partial charge in [0.05, 0.1) is 11.6 Å². The number of benzene rings is 1. The van der Waals surface area contributed by atoms with Gasteiger partial charge in [-0.25, -0.2) is 0 Å². The maximum absolute atomic E-state index is 11.9. The molecule has 0 aliphatic rings. The first kappa shape index (κ1) is 27.1. The molecular weight excluding hydrogens is 447 g/mol. The fourth-order valence-electron chi connectivity index (χ4n) is 3.01. The lowest BCUT2D eigenvalue weighted by atomic mass is 10.1. The molecule has 0 heterocycles. The van der Waals surface area contributed by atoms with Gasteiger partial charge < -0.3 is 9.47 Å². The van der Waals surface area contributed by atoms with Gasteiger partial charge in [-0.1, -0.05) is 99.5 Å². The molecule has 0 radical (unpaired) electrons. The van der Waals surface area contributed by atoms with Gasteiger partial charge in [0.1, 0.15) is 5.02 Å². The normalized spacial score (nSPS) is 10.8. The van der Waals surface area contributed by atoms with E-state index in [9.17, 15) is 9.59 Å². The Morgan fingerprint density at radius 3 is 1.97 bits per heavy atom. The Hall–Kier alpha value is -0.970. The van der Waals surface area contributed by atoms with Gasteiger partial charge in [-0.15, -0.1) is 0 Å². The standard InChI is InChI=1S/C23H33Cl3O4/c1-2-3-4-5-6-7-8-9-10-11-15-29-21(27)13-12-14-22(28)30-20-17-18(24)16-19(25)23(20)26/h16-17H,2-15H2,1H3. The van der Waals surface area contributed by atoms with Crippen LogP contribution in [0.1, 0.15) is 90.4 Å². The minimum Gasteiger partial charge on any atom is -0.466 e. The van der Waals surface area contributed by atoms with E-state index in [0.717, 1.165) is 12.8 Å². The van der Waals surface area contributed by atoms with Crippen LogP contribution in [0.2, 0.25) is 15.1 Å². The van der Waals surface area contributed by atoms with E-state index in [0.29, 0.717) is 18.1 Å². The fourth-order valence-corrected chi connectivity index (χ4v) is 3.63. The highest BCUT2D eigenvalue weighted by Crippen LogP contribution is 2.35. The molecule has 1 aromatic rings. The van der Waals surface area contributed by atoms with E-state index in [-0.39, 0.29) is 34.6 Å². The summed E-state index contributed by atoms with van der Waals surface area (Å²) in [6, 6.07) is 2.89. The molecule has 0 atom stereocenters. The van der Waals surface area contributed by atoms with Crippen LogP contribution in [0.3, 0.4) is 0 Å². The van der Waals surface area contributed by atoms with Crippen molar-refractivity contribution < 1.29 is 19.1 Å². The van der Waals surface area contributed by atoms with Crippen molar-refractivity contribution in [3.05, 3.63) is 27.2 Å². The Labute approximate surface area is 195 Å². The number of unbranched alkanes of at least 4 members (excludes halogenated alkanes) is 9. The monoisotopic (exact) mass is 478 g/mol. The molecule has 0 aromatic heterocycles. The molecule has 0 saturated carbocycles. The second kappa shape index (κ2) is 16.7. The Morgan fingerprint density at radius 1 is 0.767 bits per heavy atom. The lowest BCUT2D eigenvalue weighted by Gasteiger charge is -2.08. The van der Waals surface area contributed by atoms with E-state index >= 15 is 0 Å². The van der Waals surface area contributed by atoms with Crippen molar-refractivity contribution in [1.82, 2.24) is 0 Å². The molecule has 30 heavy (non-hydrogen) atoms. The molecule has 170 valence electrons. The molecule has 0 spiro atoms. The summed E-state index contributed by atoms with van der Waals surface area (Å²) in [5, 5.41) is 0.663. The van der Waals surface area contributed by atoms with Gasteiger partial charge in [-0.2, -0.15) is 0 Å². The van der Waals surface area contributed by atoms with Crippen LogP contribution in [0.4, 0.5) is 0 Å². The molecule has 0 bridgehead atoms. The summed E-state index contributed by atoms with van der Waals surface area (Å²) < 4.78 is 10.4. The maximum Gasteiger partial charge on any atom is 0.311 e. The summed E-state index contributed by atoms with van der Waals surface area (Å²) in [6.07, 6.45) is 13.0. The number of ether oxygens (including phenoxy) is 2. The van der Waals surface area contributed by atoms with Crippen molar-refractivity contribution >= 4 is 46.7 Å². The lowest BCUT2D eigenvalue weighted by molar-refractivity contribution is -0.144. The number of halogens is 3. The summed E-state index contributed by atoms with van der Waals surface area (Å²) in [5.41, 5.74) is 0. The van der Waals surface area contributed by atoms with Crippen molar-refractivity contribution in [2.75, 3.05) is 6.61 Å². The summed E-state index contributed by atoms with van der Waals surface area (Å²) in [4.78, 5) is 23.7. The molecule has 4 nitrogen and oxygen atoms in total. The third-order valence-electron chi connectivity index (χ3n) is 4.71. The van der Waals surface area contributed by atoms with Gasteiger partial charge in [0.2, 0.25) is 0 Å². The highest BCUT2D eigenvalue weighted by molar-refractivity contribution is 6.44. The van der Waals surface area contributed by atoms with E-state index in [2.05, 4.69) is 6.92 Å². The van der Waals surface area contributed by atoms with Crippen molar-refractivity contribution in [2.45, 2.75) is 90.4 Å². The molecule has 0 unspecified atom stereocenters. The van der Waals surface area contributed by atoms with Crippen molar-refractivity contribution in [1.29, 1.82) is 0 Å². The van der Waals surface area contributed by atoms with Crippen LogP contribution in [0.15, 0.2) is 12.1 Å². The number of rotatable bonds is 16. The third kappa shape index (κ3) is 12.7. The first-order valence-corrected chi connectivity index (χ1v) is 12.1. The predicted molar refractivity (Wildman–Crippen MR) is 124 cm³/mol. The Balaban J connectivity index is 2.02. The predicted octanol–water partition coefficient (Wildman–Crippen LogP) is 8.19. The lowest BCUT2D eigenvalue weighted by Crippen LogP contribution is -2.11. The molecule has 7 heteroatoms. The summed E-state index contributed by atoms with van der Waals surface area (Å²) in [6.45, 7) is 2.67. The second-order valence-electron chi connectivity index (χ2n) is 7.43. The first-order valence-electron chi connectivity index (χ1n) is 10.9. The average molecular weight is 480 g/mol. The largest absolute Gasteiger partial charge is 0.466 e.